The van der Waals surface area contributed by atoms with E-state index in [2.05, 4.69) is 4.90 Å². The van der Waals surface area contributed by atoms with E-state index in [4.69, 9.17) is 9.47 Å². The molecule has 96 valence electrons. The van der Waals surface area contributed by atoms with Crippen LogP contribution in [-0.2, 0) is 9.47 Å². The Labute approximate surface area is 98.5 Å². The molecule has 1 fully saturated rings. The summed E-state index contributed by atoms with van der Waals surface area (Å²) in [6, 6.07) is 0. The molecule has 0 saturated heterocycles. The Morgan fingerprint density at radius 1 is 1.12 bits per heavy atom. The molecule has 0 aromatic heterocycles. The van der Waals surface area contributed by atoms with Gasteiger partial charge < -0.3 is 14.6 Å². The topological polar surface area (TPSA) is 41.9 Å². The van der Waals surface area contributed by atoms with Gasteiger partial charge in [-0.2, -0.15) is 0 Å². The molecule has 0 aromatic carbocycles. The Balaban J connectivity index is 2.29. The van der Waals surface area contributed by atoms with Crippen LogP contribution >= 0.6 is 0 Å². The number of nitrogens with zero attached hydrogens (tertiary/aromatic N) is 1. The average Bonchev–Trinajstić information content (AvgIpc) is 2.68. The van der Waals surface area contributed by atoms with E-state index in [-0.39, 0.29) is 6.10 Å². The smallest absolute Gasteiger partial charge is 0.0589 e. The molecule has 0 bridgehead atoms. The fourth-order valence-corrected chi connectivity index (χ4v) is 2.30. The van der Waals surface area contributed by atoms with Gasteiger partial charge in [-0.3, -0.25) is 4.90 Å². The number of methoxy groups -OCH3 is 2. The number of ether oxygens (including phenoxy) is 2. The Kier molecular flexibility index (Phi) is 6.96. The zero-order chi connectivity index (χ0) is 11.8. The van der Waals surface area contributed by atoms with Crippen LogP contribution in [0.5, 0.6) is 0 Å². The molecule has 0 heterocycles. The van der Waals surface area contributed by atoms with E-state index in [1.807, 2.05) is 0 Å². The van der Waals surface area contributed by atoms with Crippen LogP contribution in [0.15, 0.2) is 0 Å². The van der Waals surface area contributed by atoms with Crippen LogP contribution in [0.2, 0.25) is 0 Å². The second kappa shape index (κ2) is 8.01. The molecular weight excluding hydrogens is 206 g/mol. The molecule has 2 unspecified atom stereocenters. The second-order valence-electron chi connectivity index (χ2n) is 4.54. The highest BCUT2D eigenvalue weighted by Crippen LogP contribution is 2.26. The van der Waals surface area contributed by atoms with Crippen LogP contribution in [0.1, 0.15) is 19.3 Å². The van der Waals surface area contributed by atoms with Crippen molar-refractivity contribution in [2.45, 2.75) is 25.4 Å². The molecule has 4 nitrogen and oxygen atoms in total. The summed E-state index contributed by atoms with van der Waals surface area (Å²) in [4.78, 5) is 2.33. The summed E-state index contributed by atoms with van der Waals surface area (Å²) in [5, 5.41) is 9.80. The van der Waals surface area contributed by atoms with Crippen molar-refractivity contribution >= 4 is 0 Å². The number of rotatable bonds is 8. The van der Waals surface area contributed by atoms with Gasteiger partial charge in [0.2, 0.25) is 0 Å². The molecule has 16 heavy (non-hydrogen) atoms. The normalized spacial score (nSPS) is 25.5. The molecule has 4 heteroatoms. The maximum absolute atomic E-state index is 9.80. The quantitative estimate of drug-likeness (QED) is 0.669. The van der Waals surface area contributed by atoms with Gasteiger partial charge in [0.25, 0.3) is 0 Å². The molecule has 0 spiro atoms. The van der Waals surface area contributed by atoms with E-state index < -0.39 is 0 Å². The fraction of sp³-hybridized carbons (Fsp3) is 1.00. The van der Waals surface area contributed by atoms with Gasteiger partial charge in [-0.05, 0) is 18.8 Å². The lowest BCUT2D eigenvalue weighted by atomic mass is 10.1. The van der Waals surface area contributed by atoms with Crippen LogP contribution in [-0.4, -0.2) is 63.2 Å². The van der Waals surface area contributed by atoms with E-state index in [1.54, 1.807) is 14.2 Å². The zero-order valence-corrected chi connectivity index (χ0v) is 10.5. The van der Waals surface area contributed by atoms with Crippen molar-refractivity contribution in [2.24, 2.45) is 5.92 Å². The zero-order valence-electron chi connectivity index (χ0n) is 10.5. The SMILES string of the molecule is COCCN(CCOC)CC1CCCC1O. The first-order valence-corrected chi connectivity index (χ1v) is 6.16. The Morgan fingerprint density at radius 3 is 2.19 bits per heavy atom. The molecule has 0 radical (unpaired) electrons. The van der Waals surface area contributed by atoms with E-state index >= 15 is 0 Å². The summed E-state index contributed by atoms with van der Waals surface area (Å²) in [6.07, 6.45) is 3.17. The van der Waals surface area contributed by atoms with Crippen molar-refractivity contribution in [3.63, 3.8) is 0 Å². The van der Waals surface area contributed by atoms with Gasteiger partial charge in [-0.25, -0.2) is 0 Å². The number of hydrogen-bond acceptors (Lipinski definition) is 4. The predicted molar refractivity (Wildman–Crippen MR) is 63.5 cm³/mol. The number of aliphatic hydroxyl groups is 1. The van der Waals surface area contributed by atoms with Gasteiger partial charge >= 0.3 is 0 Å². The van der Waals surface area contributed by atoms with Crippen molar-refractivity contribution in [2.75, 3.05) is 47.1 Å². The molecule has 0 aromatic rings. The van der Waals surface area contributed by atoms with Gasteiger partial charge in [0.1, 0.15) is 0 Å². The molecule has 1 saturated carbocycles. The van der Waals surface area contributed by atoms with E-state index in [0.717, 1.165) is 52.1 Å². The van der Waals surface area contributed by atoms with Crippen LogP contribution in [0.4, 0.5) is 0 Å². The fourth-order valence-electron chi connectivity index (χ4n) is 2.30. The standard InChI is InChI=1S/C12H25NO3/c1-15-8-6-13(7-9-16-2)10-11-4-3-5-12(11)14/h11-12,14H,3-10H2,1-2H3. The van der Waals surface area contributed by atoms with Crippen LogP contribution in [0.25, 0.3) is 0 Å². The highest BCUT2D eigenvalue weighted by molar-refractivity contribution is 4.79. The van der Waals surface area contributed by atoms with E-state index in [9.17, 15) is 5.11 Å². The highest BCUT2D eigenvalue weighted by Gasteiger charge is 2.26. The van der Waals surface area contributed by atoms with E-state index in [0.29, 0.717) is 5.92 Å². The summed E-state index contributed by atoms with van der Waals surface area (Å²) in [7, 11) is 3.44. The van der Waals surface area contributed by atoms with Crippen molar-refractivity contribution in [1.82, 2.24) is 4.90 Å². The van der Waals surface area contributed by atoms with Crippen molar-refractivity contribution in [1.29, 1.82) is 0 Å². The van der Waals surface area contributed by atoms with Gasteiger partial charge in [-0.1, -0.05) is 6.42 Å². The summed E-state index contributed by atoms with van der Waals surface area (Å²) in [5.74, 6) is 0.439. The molecule has 1 aliphatic rings. The van der Waals surface area contributed by atoms with Gasteiger partial charge in [0.15, 0.2) is 0 Å². The lowest BCUT2D eigenvalue weighted by molar-refractivity contribution is 0.0711. The summed E-state index contributed by atoms with van der Waals surface area (Å²) in [5.41, 5.74) is 0. The molecule has 0 amide bonds. The van der Waals surface area contributed by atoms with Gasteiger partial charge in [0.05, 0.1) is 19.3 Å². The van der Waals surface area contributed by atoms with Gasteiger partial charge in [-0.15, -0.1) is 0 Å². The highest BCUT2D eigenvalue weighted by atomic mass is 16.5. The maximum atomic E-state index is 9.80. The molecular formula is C12H25NO3. The maximum Gasteiger partial charge on any atom is 0.0589 e. The van der Waals surface area contributed by atoms with Crippen molar-refractivity contribution in [3.05, 3.63) is 0 Å². The minimum Gasteiger partial charge on any atom is -0.393 e. The first-order chi connectivity index (χ1) is 7.77. The third kappa shape index (κ3) is 4.78. The van der Waals surface area contributed by atoms with Crippen molar-refractivity contribution in [3.8, 4) is 0 Å². The molecule has 1 rings (SSSR count). The second-order valence-corrected chi connectivity index (χ2v) is 4.54. The molecule has 2 atom stereocenters. The molecule has 1 aliphatic carbocycles. The first kappa shape index (κ1) is 13.9. The summed E-state index contributed by atoms with van der Waals surface area (Å²) in [6.45, 7) is 4.29. The Bertz CT molecular complexity index is 170. The van der Waals surface area contributed by atoms with Gasteiger partial charge in [0, 0.05) is 33.9 Å². The number of aliphatic hydroxyl groups excluding tert-OH is 1. The van der Waals surface area contributed by atoms with Crippen LogP contribution in [0.3, 0.4) is 0 Å². The minimum absolute atomic E-state index is 0.104. The van der Waals surface area contributed by atoms with E-state index in [1.165, 1.54) is 0 Å². The lowest BCUT2D eigenvalue weighted by Gasteiger charge is -2.26. The largest absolute Gasteiger partial charge is 0.393 e. The summed E-state index contributed by atoms with van der Waals surface area (Å²) < 4.78 is 10.2. The van der Waals surface area contributed by atoms with Crippen LogP contribution < -0.4 is 0 Å². The minimum atomic E-state index is -0.104. The predicted octanol–water partition coefficient (Wildman–Crippen LogP) is 0.742. The first-order valence-electron chi connectivity index (χ1n) is 6.16. The number of hydrogen-bond donors (Lipinski definition) is 1. The van der Waals surface area contributed by atoms with Crippen molar-refractivity contribution < 1.29 is 14.6 Å². The molecule has 1 N–H and O–H groups in total. The average molecular weight is 231 g/mol. The Hall–Kier alpha value is -0.160. The lowest BCUT2D eigenvalue weighted by Crippen LogP contribution is -2.37. The van der Waals surface area contributed by atoms with Crippen LogP contribution in [0, 0.1) is 5.92 Å². The third-order valence-corrected chi connectivity index (χ3v) is 3.33. The Morgan fingerprint density at radius 2 is 1.75 bits per heavy atom. The monoisotopic (exact) mass is 231 g/mol. The summed E-state index contributed by atoms with van der Waals surface area (Å²) >= 11 is 0. The third-order valence-electron chi connectivity index (χ3n) is 3.33. The molecule has 0 aliphatic heterocycles.